The van der Waals surface area contributed by atoms with Crippen LogP contribution in [0.2, 0.25) is 0 Å². The second kappa shape index (κ2) is 6.47. The van der Waals surface area contributed by atoms with E-state index >= 15 is 0 Å². The number of nitrogens with one attached hydrogen (secondary N) is 1. The molecule has 2 N–H and O–H groups in total. The lowest BCUT2D eigenvalue weighted by atomic mass is 10.3. The van der Waals surface area contributed by atoms with Gasteiger partial charge in [-0.25, -0.2) is 9.55 Å². The summed E-state index contributed by atoms with van der Waals surface area (Å²) in [5, 5.41) is 21.6. The number of nitrogens with zero attached hydrogens (tertiary/aromatic N) is 3. The molecule has 0 aliphatic rings. The third kappa shape index (κ3) is 4.37. The maximum atomic E-state index is 11.2. The highest BCUT2D eigenvalue weighted by atomic mass is 16.6. The molecule has 9 heteroatoms. The molecule has 0 atom stereocenters. The van der Waals surface area contributed by atoms with E-state index in [0.717, 1.165) is 6.20 Å². The van der Waals surface area contributed by atoms with Crippen LogP contribution in [0.1, 0.15) is 18.7 Å². The van der Waals surface area contributed by atoms with Gasteiger partial charge in [0, 0.05) is 13.3 Å². The predicted octanol–water partition coefficient (Wildman–Crippen LogP) is 0.0807. The van der Waals surface area contributed by atoms with E-state index in [0.29, 0.717) is 5.82 Å². The number of amides is 1. The molecule has 0 fully saturated rings. The number of rotatable bonds is 7. The molecule has 1 rings (SSSR count). The molecule has 9 nitrogen and oxygen atoms in total. The zero-order valence-corrected chi connectivity index (χ0v) is 10.3. The second-order valence-corrected chi connectivity index (χ2v) is 3.82. The van der Waals surface area contributed by atoms with Gasteiger partial charge in [0.15, 0.2) is 5.82 Å². The molecule has 0 aliphatic carbocycles. The van der Waals surface area contributed by atoms with E-state index in [1.54, 1.807) is 6.92 Å². The molecule has 0 spiro atoms. The topological polar surface area (TPSA) is 127 Å². The van der Waals surface area contributed by atoms with Crippen molar-refractivity contribution in [2.75, 3.05) is 6.54 Å². The number of carbonyl (C=O) groups excluding carboxylic acids is 1. The molecule has 19 heavy (non-hydrogen) atoms. The van der Waals surface area contributed by atoms with Crippen molar-refractivity contribution in [2.24, 2.45) is 0 Å². The van der Waals surface area contributed by atoms with Crippen molar-refractivity contribution in [1.29, 1.82) is 0 Å². The number of hydrogen-bond donors (Lipinski definition) is 2. The molecule has 0 saturated heterocycles. The van der Waals surface area contributed by atoms with Gasteiger partial charge < -0.3 is 20.5 Å². The van der Waals surface area contributed by atoms with Gasteiger partial charge in [0.05, 0.1) is 13.0 Å². The highest BCUT2D eigenvalue weighted by Crippen LogP contribution is 2.12. The molecule has 104 valence electrons. The molecular formula is C10H14N4O5. The predicted molar refractivity (Wildman–Crippen MR) is 63.5 cm³/mol. The van der Waals surface area contributed by atoms with Crippen LogP contribution >= 0.6 is 0 Å². The SMILES string of the molecule is Cc1ncc([N+](=O)[O-])n1CCNC(=O)CCC(=O)O. The van der Waals surface area contributed by atoms with Gasteiger partial charge in [0.2, 0.25) is 5.91 Å². The summed E-state index contributed by atoms with van der Waals surface area (Å²) in [5.41, 5.74) is 0. The summed E-state index contributed by atoms with van der Waals surface area (Å²) in [4.78, 5) is 35.5. The summed E-state index contributed by atoms with van der Waals surface area (Å²) in [6, 6.07) is 0. The number of carboxylic acid groups (broad SMARTS) is 1. The van der Waals surface area contributed by atoms with Crippen molar-refractivity contribution in [2.45, 2.75) is 26.3 Å². The molecular weight excluding hydrogens is 256 g/mol. The Morgan fingerprint density at radius 3 is 2.79 bits per heavy atom. The van der Waals surface area contributed by atoms with E-state index in [2.05, 4.69) is 10.3 Å². The van der Waals surface area contributed by atoms with Crippen LogP contribution in [0.4, 0.5) is 5.82 Å². The van der Waals surface area contributed by atoms with Crippen molar-refractivity contribution in [3.05, 3.63) is 22.1 Å². The molecule has 0 bridgehead atoms. The van der Waals surface area contributed by atoms with E-state index in [1.807, 2.05) is 0 Å². The number of imidazole rings is 1. The zero-order valence-electron chi connectivity index (χ0n) is 10.3. The summed E-state index contributed by atoms with van der Waals surface area (Å²) in [7, 11) is 0. The number of aromatic nitrogens is 2. The Kier molecular flexibility index (Phi) is 4.98. The first-order valence-electron chi connectivity index (χ1n) is 5.57. The Morgan fingerprint density at radius 2 is 2.21 bits per heavy atom. The largest absolute Gasteiger partial charge is 0.481 e. The Hall–Kier alpha value is -2.45. The summed E-state index contributed by atoms with van der Waals surface area (Å²) in [6.07, 6.45) is 0.804. The van der Waals surface area contributed by atoms with Gasteiger partial charge in [0.25, 0.3) is 0 Å². The van der Waals surface area contributed by atoms with Crippen LogP contribution in [0.3, 0.4) is 0 Å². The highest BCUT2D eigenvalue weighted by molar-refractivity contribution is 5.80. The molecule has 1 amide bonds. The third-order valence-electron chi connectivity index (χ3n) is 2.44. The van der Waals surface area contributed by atoms with Crippen LogP contribution in [0.5, 0.6) is 0 Å². The van der Waals surface area contributed by atoms with Gasteiger partial charge in [-0.1, -0.05) is 0 Å². The van der Waals surface area contributed by atoms with Gasteiger partial charge in [-0.2, -0.15) is 0 Å². The average molecular weight is 270 g/mol. The summed E-state index contributed by atoms with van der Waals surface area (Å²) in [5.74, 6) is -1.11. The Bertz CT molecular complexity index is 496. The van der Waals surface area contributed by atoms with Crippen molar-refractivity contribution in [1.82, 2.24) is 14.9 Å². The fourth-order valence-corrected chi connectivity index (χ4v) is 1.49. The first-order chi connectivity index (χ1) is 8.91. The van der Waals surface area contributed by atoms with Crippen LogP contribution in [-0.4, -0.2) is 38.0 Å². The van der Waals surface area contributed by atoms with Crippen LogP contribution in [-0.2, 0) is 16.1 Å². The lowest BCUT2D eigenvalue weighted by Crippen LogP contribution is -2.28. The minimum absolute atomic E-state index is 0.111. The van der Waals surface area contributed by atoms with Gasteiger partial charge in [-0.15, -0.1) is 0 Å². The standard InChI is InChI=1S/C10H14N4O5/c1-7-12-6-9(14(18)19)13(7)5-4-11-8(15)2-3-10(16)17/h6H,2-5H2,1H3,(H,11,15)(H,16,17). The van der Waals surface area contributed by atoms with Crippen molar-refractivity contribution in [3.8, 4) is 0 Å². The highest BCUT2D eigenvalue weighted by Gasteiger charge is 2.16. The van der Waals surface area contributed by atoms with E-state index in [-0.39, 0.29) is 31.7 Å². The van der Waals surface area contributed by atoms with Crippen LogP contribution < -0.4 is 5.32 Å². The van der Waals surface area contributed by atoms with E-state index in [9.17, 15) is 19.7 Å². The summed E-state index contributed by atoms with van der Waals surface area (Å²) in [6.45, 7) is 2.01. The van der Waals surface area contributed by atoms with Crippen LogP contribution in [0.15, 0.2) is 6.20 Å². The molecule has 0 saturated carbocycles. The monoisotopic (exact) mass is 270 g/mol. The number of nitro groups is 1. The van der Waals surface area contributed by atoms with Crippen molar-refractivity contribution in [3.63, 3.8) is 0 Å². The van der Waals surface area contributed by atoms with E-state index < -0.39 is 16.8 Å². The normalized spacial score (nSPS) is 10.2. The molecule has 1 aromatic heterocycles. The minimum atomic E-state index is -1.05. The van der Waals surface area contributed by atoms with E-state index in [1.165, 1.54) is 4.57 Å². The Morgan fingerprint density at radius 1 is 1.53 bits per heavy atom. The number of hydrogen-bond acceptors (Lipinski definition) is 5. The summed E-state index contributed by atoms with van der Waals surface area (Å²) < 4.78 is 1.37. The number of aryl methyl sites for hydroxylation is 1. The molecule has 1 aromatic rings. The van der Waals surface area contributed by atoms with Gasteiger partial charge >= 0.3 is 11.8 Å². The lowest BCUT2D eigenvalue weighted by Gasteiger charge is -2.05. The van der Waals surface area contributed by atoms with Gasteiger partial charge in [0.1, 0.15) is 12.7 Å². The maximum Gasteiger partial charge on any atom is 0.342 e. The fraction of sp³-hybridized carbons (Fsp3) is 0.500. The second-order valence-electron chi connectivity index (χ2n) is 3.82. The number of carbonyl (C=O) groups is 2. The number of carboxylic acids is 1. The average Bonchev–Trinajstić information content (AvgIpc) is 2.68. The first-order valence-corrected chi connectivity index (χ1v) is 5.57. The van der Waals surface area contributed by atoms with Gasteiger partial charge in [-0.05, 0) is 4.92 Å². The Labute approximate surface area is 108 Å². The quantitative estimate of drug-likeness (QED) is 0.533. The fourth-order valence-electron chi connectivity index (χ4n) is 1.49. The first kappa shape index (κ1) is 14.6. The van der Waals surface area contributed by atoms with Crippen molar-refractivity contribution < 1.29 is 19.6 Å². The number of aliphatic carboxylic acids is 1. The lowest BCUT2D eigenvalue weighted by molar-refractivity contribution is -0.392. The molecule has 0 aliphatic heterocycles. The Balaban J connectivity index is 2.45. The molecule has 0 radical (unpaired) electrons. The van der Waals surface area contributed by atoms with Gasteiger partial charge in [-0.3, -0.25) is 9.59 Å². The van der Waals surface area contributed by atoms with Crippen LogP contribution in [0.25, 0.3) is 0 Å². The van der Waals surface area contributed by atoms with E-state index in [4.69, 9.17) is 5.11 Å². The molecule has 0 aromatic carbocycles. The molecule has 0 unspecified atom stereocenters. The van der Waals surface area contributed by atoms with Crippen molar-refractivity contribution >= 4 is 17.7 Å². The summed E-state index contributed by atoms with van der Waals surface area (Å²) >= 11 is 0. The van der Waals surface area contributed by atoms with Crippen LogP contribution in [0, 0.1) is 17.0 Å². The maximum absolute atomic E-state index is 11.2. The molecule has 1 heterocycles. The zero-order chi connectivity index (χ0) is 14.4. The smallest absolute Gasteiger partial charge is 0.342 e. The minimum Gasteiger partial charge on any atom is -0.481 e. The third-order valence-corrected chi connectivity index (χ3v) is 2.44.